The average Bonchev–Trinajstić information content (AvgIpc) is 2.97. The van der Waals surface area contributed by atoms with Gasteiger partial charge in [0.05, 0.1) is 7.11 Å². The molecule has 0 aliphatic carbocycles. The summed E-state index contributed by atoms with van der Waals surface area (Å²) in [6.45, 7) is 0.985. The summed E-state index contributed by atoms with van der Waals surface area (Å²) < 4.78 is 5.08. The van der Waals surface area contributed by atoms with Crippen molar-refractivity contribution in [3.8, 4) is 5.75 Å². The maximum atomic E-state index is 12.0. The highest BCUT2D eigenvalue weighted by Crippen LogP contribution is 2.17. The fourth-order valence-corrected chi connectivity index (χ4v) is 2.47. The summed E-state index contributed by atoms with van der Waals surface area (Å²) in [6.07, 6.45) is 1.96. The van der Waals surface area contributed by atoms with E-state index in [0.29, 0.717) is 25.9 Å². The third kappa shape index (κ3) is 3.87. The Labute approximate surface area is 123 Å². The number of nitrogens with one attached hydrogen (secondary N) is 1. The number of ether oxygens (including phenoxy) is 1. The van der Waals surface area contributed by atoms with Gasteiger partial charge in [0.15, 0.2) is 0 Å². The number of carbonyl (C=O) groups excluding carboxylic acids is 1. The summed E-state index contributed by atoms with van der Waals surface area (Å²) in [5.41, 5.74) is 1.09. The molecular weight excluding hydrogens is 272 g/mol. The standard InChI is InChI=1S/C15H20N2O4/c1-21-12-6-4-11(5-7-12)8-9-16-15(20)17-10-2-3-13(17)14(18)19/h4-7,13H,2-3,8-10H2,1H3,(H,16,20)(H,18,19)/t13-/m1/s1. The van der Waals surface area contributed by atoms with E-state index in [-0.39, 0.29) is 6.03 Å². The molecule has 0 spiro atoms. The van der Waals surface area contributed by atoms with Crippen molar-refractivity contribution in [2.24, 2.45) is 0 Å². The van der Waals surface area contributed by atoms with Gasteiger partial charge in [-0.2, -0.15) is 0 Å². The molecule has 0 saturated carbocycles. The van der Waals surface area contributed by atoms with Crippen LogP contribution in [-0.4, -0.2) is 48.2 Å². The van der Waals surface area contributed by atoms with Crippen LogP contribution in [0.25, 0.3) is 0 Å². The van der Waals surface area contributed by atoms with Gasteiger partial charge < -0.3 is 20.1 Å². The number of urea groups is 1. The fraction of sp³-hybridized carbons (Fsp3) is 0.467. The third-order valence-corrected chi connectivity index (χ3v) is 3.65. The van der Waals surface area contributed by atoms with Gasteiger partial charge in [-0.3, -0.25) is 0 Å². The molecule has 1 aromatic carbocycles. The number of aliphatic carboxylic acids is 1. The Bertz CT molecular complexity index is 501. The number of nitrogens with zero attached hydrogens (tertiary/aromatic N) is 1. The average molecular weight is 292 g/mol. The van der Waals surface area contributed by atoms with Crippen molar-refractivity contribution in [3.05, 3.63) is 29.8 Å². The molecule has 6 nitrogen and oxygen atoms in total. The number of hydrogen-bond acceptors (Lipinski definition) is 3. The van der Waals surface area contributed by atoms with E-state index in [2.05, 4.69) is 5.32 Å². The van der Waals surface area contributed by atoms with Crippen LogP contribution in [0.5, 0.6) is 5.75 Å². The lowest BCUT2D eigenvalue weighted by atomic mass is 10.1. The first kappa shape index (κ1) is 15.2. The molecule has 1 aromatic rings. The number of methoxy groups -OCH3 is 1. The lowest BCUT2D eigenvalue weighted by Crippen LogP contribution is -2.46. The SMILES string of the molecule is COc1ccc(CCNC(=O)N2CCC[C@@H]2C(=O)O)cc1. The molecule has 1 aliphatic rings. The van der Waals surface area contributed by atoms with Crippen LogP contribution >= 0.6 is 0 Å². The lowest BCUT2D eigenvalue weighted by Gasteiger charge is -2.21. The maximum absolute atomic E-state index is 12.0. The van der Waals surface area contributed by atoms with E-state index < -0.39 is 12.0 Å². The van der Waals surface area contributed by atoms with Crippen LogP contribution in [-0.2, 0) is 11.2 Å². The second-order valence-corrected chi connectivity index (χ2v) is 5.02. The first-order valence-electron chi connectivity index (χ1n) is 7.02. The van der Waals surface area contributed by atoms with E-state index in [1.165, 1.54) is 4.90 Å². The number of rotatable bonds is 5. The molecule has 0 bridgehead atoms. The Morgan fingerprint density at radius 1 is 1.38 bits per heavy atom. The zero-order chi connectivity index (χ0) is 15.2. The molecule has 0 radical (unpaired) electrons. The molecule has 1 heterocycles. The van der Waals surface area contributed by atoms with E-state index in [1.54, 1.807) is 7.11 Å². The van der Waals surface area contributed by atoms with E-state index in [4.69, 9.17) is 9.84 Å². The van der Waals surface area contributed by atoms with Crippen molar-refractivity contribution in [1.82, 2.24) is 10.2 Å². The summed E-state index contributed by atoms with van der Waals surface area (Å²) >= 11 is 0. The number of likely N-dealkylation sites (tertiary alicyclic amines) is 1. The largest absolute Gasteiger partial charge is 0.497 e. The molecule has 1 fully saturated rings. The number of carbonyl (C=O) groups is 2. The second kappa shape index (κ2) is 6.97. The minimum atomic E-state index is -0.933. The molecule has 1 saturated heterocycles. The molecule has 21 heavy (non-hydrogen) atoms. The van der Waals surface area contributed by atoms with Gasteiger partial charge in [0.1, 0.15) is 11.8 Å². The van der Waals surface area contributed by atoms with Crippen molar-refractivity contribution < 1.29 is 19.4 Å². The first-order chi connectivity index (χ1) is 10.1. The van der Waals surface area contributed by atoms with Gasteiger partial charge >= 0.3 is 12.0 Å². The second-order valence-electron chi connectivity index (χ2n) is 5.02. The lowest BCUT2D eigenvalue weighted by molar-refractivity contribution is -0.141. The monoisotopic (exact) mass is 292 g/mol. The number of benzene rings is 1. The third-order valence-electron chi connectivity index (χ3n) is 3.65. The predicted molar refractivity (Wildman–Crippen MR) is 77.5 cm³/mol. The Balaban J connectivity index is 1.79. The van der Waals surface area contributed by atoms with Gasteiger partial charge in [-0.25, -0.2) is 9.59 Å². The molecule has 0 aromatic heterocycles. The quantitative estimate of drug-likeness (QED) is 0.862. The topological polar surface area (TPSA) is 78.9 Å². The van der Waals surface area contributed by atoms with Crippen molar-refractivity contribution in [2.75, 3.05) is 20.2 Å². The zero-order valence-electron chi connectivity index (χ0n) is 12.0. The molecule has 114 valence electrons. The Morgan fingerprint density at radius 3 is 2.71 bits per heavy atom. The molecule has 2 rings (SSSR count). The Kier molecular flexibility index (Phi) is 5.03. The number of carboxylic acids is 1. The Morgan fingerprint density at radius 2 is 2.10 bits per heavy atom. The summed E-state index contributed by atoms with van der Waals surface area (Å²) in [5.74, 6) is -0.137. The van der Waals surface area contributed by atoms with Gasteiger partial charge in [-0.05, 0) is 37.0 Å². The minimum absolute atomic E-state index is 0.298. The molecule has 1 aliphatic heterocycles. The number of carboxylic acid groups (broad SMARTS) is 1. The zero-order valence-corrected chi connectivity index (χ0v) is 12.0. The van der Waals surface area contributed by atoms with Gasteiger partial charge in [-0.15, -0.1) is 0 Å². The van der Waals surface area contributed by atoms with E-state index in [0.717, 1.165) is 17.7 Å². The number of amides is 2. The Hall–Kier alpha value is -2.24. The van der Waals surface area contributed by atoms with Crippen LogP contribution in [0.4, 0.5) is 4.79 Å². The van der Waals surface area contributed by atoms with E-state index in [1.807, 2.05) is 24.3 Å². The van der Waals surface area contributed by atoms with Gasteiger partial charge in [0, 0.05) is 13.1 Å². The van der Waals surface area contributed by atoms with Crippen molar-refractivity contribution >= 4 is 12.0 Å². The molecular formula is C15H20N2O4. The van der Waals surface area contributed by atoms with Crippen LogP contribution < -0.4 is 10.1 Å². The smallest absolute Gasteiger partial charge is 0.326 e. The van der Waals surface area contributed by atoms with Gasteiger partial charge in [-0.1, -0.05) is 12.1 Å². The van der Waals surface area contributed by atoms with Crippen molar-refractivity contribution in [2.45, 2.75) is 25.3 Å². The maximum Gasteiger partial charge on any atom is 0.326 e. The molecule has 1 atom stereocenters. The highest BCUT2D eigenvalue weighted by Gasteiger charge is 2.33. The fourth-order valence-electron chi connectivity index (χ4n) is 2.47. The summed E-state index contributed by atoms with van der Waals surface area (Å²) in [6, 6.07) is 6.65. The predicted octanol–water partition coefficient (Wildman–Crippen LogP) is 1.50. The molecule has 2 N–H and O–H groups in total. The normalized spacial score (nSPS) is 17.6. The van der Waals surface area contributed by atoms with Crippen LogP contribution in [0.15, 0.2) is 24.3 Å². The van der Waals surface area contributed by atoms with Crippen molar-refractivity contribution in [3.63, 3.8) is 0 Å². The van der Waals surface area contributed by atoms with Crippen LogP contribution in [0.3, 0.4) is 0 Å². The first-order valence-corrected chi connectivity index (χ1v) is 7.02. The summed E-state index contributed by atoms with van der Waals surface area (Å²) in [4.78, 5) is 24.4. The molecule has 2 amide bonds. The van der Waals surface area contributed by atoms with Crippen LogP contribution in [0.2, 0.25) is 0 Å². The van der Waals surface area contributed by atoms with E-state index >= 15 is 0 Å². The van der Waals surface area contributed by atoms with Crippen molar-refractivity contribution in [1.29, 1.82) is 0 Å². The summed E-state index contributed by atoms with van der Waals surface area (Å²) in [7, 11) is 1.62. The number of hydrogen-bond donors (Lipinski definition) is 2. The highest BCUT2D eigenvalue weighted by atomic mass is 16.5. The van der Waals surface area contributed by atoms with Crippen LogP contribution in [0, 0.1) is 0 Å². The highest BCUT2D eigenvalue weighted by molar-refractivity contribution is 5.83. The molecule has 0 unspecified atom stereocenters. The molecule has 6 heteroatoms. The van der Waals surface area contributed by atoms with Gasteiger partial charge in [0.25, 0.3) is 0 Å². The van der Waals surface area contributed by atoms with E-state index in [9.17, 15) is 9.59 Å². The van der Waals surface area contributed by atoms with Crippen LogP contribution in [0.1, 0.15) is 18.4 Å². The minimum Gasteiger partial charge on any atom is -0.497 e. The van der Waals surface area contributed by atoms with Gasteiger partial charge in [0.2, 0.25) is 0 Å². The summed E-state index contributed by atoms with van der Waals surface area (Å²) in [5, 5.41) is 11.8.